The van der Waals surface area contributed by atoms with Crippen LogP contribution < -0.4 is 11.1 Å². The molecule has 0 aliphatic rings. The SMILES string of the molecule is CC(Cn1ccnc1)NC(=O)c1ccc(C#CCN)cc1. The van der Waals surface area contributed by atoms with E-state index in [1.165, 1.54) is 0 Å². The van der Waals surface area contributed by atoms with Gasteiger partial charge in [-0.1, -0.05) is 11.8 Å². The molecule has 0 aliphatic heterocycles. The van der Waals surface area contributed by atoms with Crippen molar-refractivity contribution in [2.45, 2.75) is 19.5 Å². The average Bonchev–Trinajstić information content (AvgIpc) is 2.98. The topological polar surface area (TPSA) is 72.9 Å². The molecule has 0 bridgehead atoms. The number of hydrogen-bond acceptors (Lipinski definition) is 3. The number of rotatable bonds is 4. The van der Waals surface area contributed by atoms with E-state index in [4.69, 9.17) is 5.73 Å². The maximum absolute atomic E-state index is 12.1. The third-order valence-corrected chi connectivity index (χ3v) is 2.90. The van der Waals surface area contributed by atoms with E-state index in [0.29, 0.717) is 18.7 Å². The first-order valence-corrected chi connectivity index (χ1v) is 6.74. The van der Waals surface area contributed by atoms with E-state index in [2.05, 4.69) is 22.1 Å². The van der Waals surface area contributed by atoms with Crippen LogP contribution in [-0.4, -0.2) is 28.0 Å². The summed E-state index contributed by atoms with van der Waals surface area (Å²) in [7, 11) is 0. The summed E-state index contributed by atoms with van der Waals surface area (Å²) in [5.41, 5.74) is 6.79. The molecule has 3 N–H and O–H groups in total. The lowest BCUT2D eigenvalue weighted by molar-refractivity contribution is 0.0936. The van der Waals surface area contributed by atoms with Gasteiger partial charge < -0.3 is 15.6 Å². The number of hydrogen-bond donors (Lipinski definition) is 2. The number of nitrogens with one attached hydrogen (secondary N) is 1. The fraction of sp³-hybridized carbons (Fsp3) is 0.250. The van der Waals surface area contributed by atoms with Gasteiger partial charge in [-0.05, 0) is 31.2 Å². The largest absolute Gasteiger partial charge is 0.348 e. The monoisotopic (exact) mass is 282 g/mol. The highest BCUT2D eigenvalue weighted by atomic mass is 16.1. The van der Waals surface area contributed by atoms with Crippen molar-refractivity contribution in [2.75, 3.05) is 6.54 Å². The Bertz CT molecular complexity index is 635. The first kappa shape index (κ1) is 14.8. The molecule has 5 nitrogen and oxygen atoms in total. The molecule has 0 saturated carbocycles. The van der Waals surface area contributed by atoms with E-state index in [-0.39, 0.29) is 11.9 Å². The summed E-state index contributed by atoms with van der Waals surface area (Å²) in [6, 6.07) is 7.18. The molecule has 0 radical (unpaired) electrons. The van der Waals surface area contributed by atoms with E-state index < -0.39 is 0 Å². The van der Waals surface area contributed by atoms with Crippen LogP contribution in [0.1, 0.15) is 22.8 Å². The van der Waals surface area contributed by atoms with Crippen LogP contribution >= 0.6 is 0 Å². The van der Waals surface area contributed by atoms with Crippen LogP contribution in [0.2, 0.25) is 0 Å². The van der Waals surface area contributed by atoms with Gasteiger partial charge in [-0.2, -0.15) is 0 Å². The van der Waals surface area contributed by atoms with Gasteiger partial charge in [0.15, 0.2) is 0 Å². The molecular weight excluding hydrogens is 264 g/mol. The third-order valence-electron chi connectivity index (χ3n) is 2.90. The molecule has 2 rings (SSSR count). The van der Waals surface area contributed by atoms with Crippen molar-refractivity contribution < 1.29 is 4.79 Å². The number of aromatic nitrogens is 2. The fourth-order valence-electron chi connectivity index (χ4n) is 1.92. The molecule has 0 spiro atoms. The van der Waals surface area contributed by atoms with E-state index in [9.17, 15) is 4.79 Å². The Balaban J connectivity index is 1.93. The highest BCUT2D eigenvalue weighted by molar-refractivity contribution is 5.94. The molecule has 108 valence electrons. The number of imidazole rings is 1. The number of amides is 1. The maximum atomic E-state index is 12.1. The van der Waals surface area contributed by atoms with Gasteiger partial charge in [0, 0.05) is 36.1 Å². The van der Waals surface area contributed by atoms with Crippen molar-refractivity contribution in [2.24, 2.45) is 5.73 Å². The van der Waals surface area contributed by atoms with Crippen molar-refractivity contribution in [1.82, 2.24) is 14.9 Å². The predicted molar refractivity (Wildman–Crippen MR) is 81.5 cm³/mol. The van der Waals surface area contributed by atoms with E-state index in [1.54, 1.807) is 24.7 Å². The van der Waals surface area contributed by atoms with Gasteiger partial charge in [0.05, 0.1) is 12.9 Å². The fourth-order valence-corrected chi connectivity index (χ4v) is 1.92. The zero-order valence-corrected chi connectivity index (χ0v) is 11.9. The number of carbonyl (C=O) groups is 1. The summed E-state index contributed by atoms with van der Waals surface area (Å²) >= 11 is 0. The van der Waals surface area contributed by atoms with Gasteiger partial charge in [-0.25, -0.2) is 4.98 Å². The zero-order valence-electron chi connectivity index (χ0n) is 11.9. The number of nitrogens with two attached hydrogens (primary N) is 1. The lowest BCUT2D eigenvalue weighted by Crippen LogP contribution is -2.35. The predicted octanol–water partition coefficient (Wildman–Crippen LogP) is 1.01. The quantitative estimate of drug-likeness (QED) is 0.822. The first-order chi connectivity index (χ1) is 10.2. The molecule has 1 atom stereocenters. The molecule has 5 heteroatoms. The van der Waals surface area contributed by atoms with Crippen molar-refractivity contribution in [3.8, 4) is 11.8 Å². The van der Waals surface area contributed by atoms with Crippen LogP contribution in [0.4, 0.5) is 0 Å². The minimum atomic E-state index is -0.0963. The van der Waals surface area contributed by atoms with Gasteiger partial charge in [0.1, 0.15) is 0 Å². The van der Waals surface area contributed by atoms with Crippen LogP contribution in [0.3, 0.4) is 0 Å². The minimum absolute atomic E-state index is 0.0170. The third kappa shape index (κ3) is 4.48. The Hall–Kier alpha value is -2.58. The molecule has 1 amide bonds. The molecule has 21 heavy (non-hydrogen) atoms. The standard InChI is InChI=1S/C16H18N4O/c1-13(11-20-10-9-18-12-20)19-16(21)15-6-4-14(5-7-15)3-2-8-17/h4-7,9-10,12-13H,8,11,17H2,1H3,(H,19,21). The normalized spacial score (nSPS) is 11.3. The Kier molecular flexibility index (Phi) is 5.13. The van der Waals surface area contributed by atoms with Crippen molar-refractivity contribution >= 4 is 5.91 Å². The van der Waals surface area contributed by atoms with E-state index >= 15 is 0 Å². The first-order valence-electron chi connectivity index (χ1n) is 6.74. The van der Waals surface area contributed by atoms with Crippen LogP contribution in [0.15, 0.2) is 43.0 Å². The average molecular weight is 282 g/mol. The number of benzene rings is 1. The molecule has 1 aromatic heterocycles. The molecule has 0 saturated heterocycles. The summed E-state index contributed by atoms with van der Waals surface area (Å²) in [4.78, 5) is 16.1. The maximum Gasteiger partial charge on any atom is 0.251 e. The molecule has 1 heterocycles. The Morgan fingerprint density at radius 2 is 2.19 bits per heavy atom. The number of carbonyl (C=O) groups excluding carboxylic acids is 1. The summed E-state index contributed by atoms with van der Waals surface area (Å²) in [5, 5.41) is 2.95. The Morgan fingerprint density at radius 3 is 2.81 bits per heavy atom. The smallest absolute Gasteiger partial charge is 0.251 e. The zero-order chi connectivity index (χ0) is 15.1. The highest BCUT2D eigenvalue weighted by Gasteiger charge is 2.09. The van der Waals surface area contributed by atoms with Gasteiger partial charge in [-0.15, -0.1) is 0 Å². The van der Waals surface area contributed by atoms with E-state index in [1.807, 2.05) is 29.8 Å². The highest BCUT2D eigenvalue weighted by Crippen LogP contribution is 2.04. The molecule has 2 aromatic rings. The second-order valence-electron chi connectivity index (χ2n) is 4.72. The van der Waals surface area contributed by atoms with Gasteiger partial charge in [0.25, 0.3) is 5.91 Å². The van der Waals surface area contributed by atoms with Crippen molar-refractivity contribution in [3.63, 3.8) is 0 Å². The molecule has 0 aliphatic carbocycles. The summed E-state index contributed by atoms with van der Waals surface area (Å²) in [6.45, 7) is 2.97. The molecule has 1 aromatic carbocycles. The summed E-state index contributed by atoms with van der Waals surface area (Å²) in [6.07, 6.45) is 5.32. The van der Waals surface area contributed by atoms with Gasteiger partial charge >= 0.3 is 0 Å². The lowest BCUT2D eigenvalue weighted by Gasteiger charge is -2.14. The Labute approximate surface area is 124 Å². The molecule has 1 unspecified atom stereocenters. The number of nitrogens with zero attached hydrogens (tertiary/aromatic N) is 2. The van der Waals surface area contributed by atoms with Crippen LogP contribution in [0.25, 0.3) is 0 Å². The van der Waals surface area contributed by atoms with Crippen LogP contribution in [-0.2, 0) is 6.54 Å². The van der Waals surface area contributed by atoms with Gasteiger partial charge in [-0.3, -0.25) is 4.79 Å². The molecule has 0 fully saturated rings. The van der Waals surface area contributed by atoms with Crippen molar-refractivity contribution in [3.05, 3.63) is 54.1 Å². The van der Waals surface area contributed by atoms with E-state index in [0.717, 1.165) is 5.56 Å². The van der Waals surface area contributed by atoms with Crippen molar-refractivity contribution in [1.29, 1.82) is 0 Å². The second-order valence-corrected chi connectivity index (χ2v) is 4.72. The molecular formula is C16H18N4O. The van der Waals surface area contributed by atoms with Crippen LogP contribution in [0, 0.1) is 11.8 Å². The lowest BCUT2D eigenvalue weighted by atomic mass is 10.1. The summed E-state index contributed by atoms with van der Waals surface area (Å²) < 4.78 is 1.93. The second kappa shape index (κ2) is 7.27. The van der Waals surface area contributed by atoms with Gasteiger partial charge in [0.2, 0.25) is 0 Å². The minimum Gasteiger partial charge on any atom is -0.348 e. The van der Waals surface area contributed by atoms with Crippen LogP contribution in [0.5, 0.6) is 0 Å². The Morgan fingerprint density at radius 1 is 1.43 bits per heavy atom. The summed E-state index contributed by atoms with van der Waals surface area (Å²) in [5.74, 6) is 5.61.